The Hall–Kier alpha value is -0.870. The van der Waals surface area contributed by atoms with Crippen LogP contribution in [0.15, 0.2) is 28.1 Å². The van der Waals surface area contributed by atoms with Crippen molar-refractivity contribution in [2.45, 2.75) is 39.1 Å². The number of aliphatic imine (C=N–C) groups is 1. The Morgan fingerprint density at radius 3 is 2.31 bits per heavy atom. The number of nitrogens with zero attached hydrogens (tertiary/aromatic N) is 2. The lowest BCUT2D eigenvalue weighted by atomic mass is 10.1. The summed E-state index contributed by atoms with van der Waals surface area (Å²) in [5, 5.41) is 6.58. The summed E-state index contributed by atoms with van der Waals surface area (Å²) < 4.78 is 23.4. The molecule has 0 spiro atoms. The van der Waals surface area contributed by atoms with E-state index in [0.717, 1.165) is 49.8 Å². The highest BCUT2D eigenvalue weighted by Gasteiger charge is 2.10. The minimum atomic E-state index is -3.18. The van der Waals surface area contributed by atoms with Crippen molar-refractivity contribution in [1.82, 2.24) is 15.5 Å². The summed E-state index contributed by atoms with van der Waals surface area (Å²) in [5.74, 6) is 0.777. The summed E-state index contributed by atoms with van der Waals surface area (Å²) in [5.41, 5.74) is 1.75. The zero-order valence-electron chi connectivity index (χ0n) is 16.5. The van der Waals surface area contributed by atoms with Crippen molar-refractivity contribution in [1.29, 1.82) is 0 Å². The second-order valence-corrected chi connectivity index (χ2v) is 8.00. The monoisotopic (exact) mass is 496 g/mol. The quantitative estimate of drug-likeness (QED) is 0.312. The maximum absolute atomic E-state index is 11.7. The van der Waals surface area contributed by atoms with E-state index < -0.39 is 9.84 Å². The summed E-state index contributed by atoms with van der Waals surface area (Å²) >= 11 is 0. The summed E-state index contributed by atoms with van der Waals surface area (Å²) in [4.78, 5) is 7.32. The zero-order chi connectivity index (χ0) is 18.9. The number of hydrogen-bond acceptors (Lipinski definition) is 4. The van der Waals surface area contributed by atoms with Crippen LogP contribution in [0, 0.1) is 6.92 Å². The van der Waals surface area contributed by atoms with Crippen LogP contribution in [0.25, 0.3) is 0 Å². The van der Waals surface area contributed by atoms with E-state index >= 15 is 0 Å². The molecule has 2 N–H and O–H groups in total. The first-order chi connectivity index (χ1) is 11.8. The van der Waals surface area contributed by atoms with Gasteiger partial charge in [0.15, 0.2) is 15.8 Å². The summed E-state index contributed by atoms with van der Waals surface area (Å²) in [6, 6.07) is 5.38. The third kappa shape index (κ3) is 8.68. The van der Waals surface area contributed by atoms with Gasteiger partial charge in [-0.2, -0.15) is 0 Å². The number of nitrogens with one attached hydrogen (secondary N) is 2. The van der Waals surface area contributed by atoms with Gasteiger partial charge in [0.05, 0.1) is 11.4 Å². The van der Waals surface area contributed by atoms with E-state index in [4.69, 9.17) is 0 Å². The highest BCUT2D eigenvalue weighted by Crippen LogP contribution is 2.17. The lowest BCUT2D eigenvalue weighted by Gasteiger charge is -2.19. The largest absolute Gasteiger partial charge is 0.357 e. The summed E-state index contributed by atoms with van der Waals surface area (Å²) in [6.07, 6.45) is 1.23. The van der Waals surface area contributed by atoms with Gasteiger partial charge in [-0.1, -0.05) is 26.0 Å². The van der Waals surface area contributed by atoms with Crippen molar-refractivity contribution >= 4 is 39.8 Å². The minimum Gasteiger partial charge on any atom is -0.357 e. The van der Waals surface area contributed by atoms with Gasteiger partial charge in [0.1, 0.15) is 0 Å². The van der Waals surface area contributed by atoms with E-state index in [-0.39, 0.29) is 24.0 Å². The molecule has 0 atom stereocenters. The fourth-order valence-corrected chi connectivity index (χ4v) is 3.57. The van der Waals surface area contributed by atoms with Crippen LogP contribution in [0.5, 0.6) is 0 Å². The molecule has 0 aliphatic heterocycles. The topological polar surface area (TPSA) is 73.8 Å². The minimum absolute atomic E-state index is 0. The lowest BCUT2D eigenvalue weighted by Crippen LogP contribution is -2.41. The van der Waals surface area contributed by atoms with E-state index in [0.29, 0.717) is 11.4 Å². The molecule has 0 unspecified atom stereocenters. The van der Waals surface area contributed by atoms with Gasteiger partial charge in [0.25, 0.3) is 0 Å². The predicted molar refractivity (Wildman–Crippen MR) is 120 cm³/mol. The van der Waals surface area contributed by atoms with Crippen LogP contribution < -0.4 is 10.6 Å². The molecule has 0 bridgehead atoms. The fourth-order valence-electron chi connectivity index (χ4n) is 2.61. The molecule has 8 heteroatoms. The van der Waals surface area contributed by atoms with Gasteiger partial charge in [-0.15, -0.1) is 24.0 Å². The van der Waals surface area contributed by atoms with E-state index in [2.05, 4.69) is 34.4 Å². The van der Waals surface area contributed by atoms with E-state index in [1.807, 2.05) is 26.0 Å². The second-order valence-electron chi connectivity index (χ2n) is 6.02. The number of likely N-dealkylation sites (N-methyl/N-ethyl adjacent to an activating group) is 1. The molecule has 0 aromatic heterocycles. The van der Waals surface area contributed by atoms with Crippen LogP contribution in [-0.2, 0) is 16.4 Å². The molecule has 1 rings (SSSR count). The molecule has 0 aliphatic rings. The Morgan fingerprint density at radius 1 is 1.15 bits per heavy atom. The summed E-state index contributed by atoms with van der Waals surface area (Å²) in [6.45, 7) is 13.4. The Kier molecular flexibility index (Phi) is 12.1. The van der Waals surface area contributed by atoms with Crippen LogP contribution >= 0.6 is 24.0 Å². The number of sulfone groups is 1. The van der Waals surface area contributed by atoms with Crippen LogP contribution in [0.3, 0.4) is 0 Å². The first-order valence-electron chi connectivity index (χ1n) is 8.85. The number of rotatable bonds is 9. The number of aryl methyl sites for hydroxylation is 1. The number of benzene rings is 1. The maximum atomic E-state index is 11.7. The summed E-state index contributed by atoms with van der Waals surface area (Å²) in [7, 11) is -3.18. The highest BCUT2D eigenvalue weighted by molar-refractivity contribution is 14.0. The highest BCUT2D eigenvalue weighted by atomic mass is 127. The first kappa shape index (κ1) is 25.1. The van der Waals surface area contributed by atoms with Crippen molar-refractivity contribution < 1.29 is 8.42 Å². The van der Waals surface area contributed by atoms with Gasteiger partial charge >= 0.3 is 0 Å². The SMILES string of the molecule is CCNC(=NCc1ccc(S(C)(=O)=O)c(C)c1)NCCN(CC)CC.I. The zero-order valence-corrected chi connectivity index (χ0v) is 19.6. The maximum Gasteiger partial charge on any atom is 0.191 e. The van der Waals surface area contributed by atoms with Crippen molar-refractivity contribution in [2.75, 3.05) is 39.0 Å². The Bertz CT molecular complexity index is 674. The molecule has 26 heavy (non-hydrogen) atoms. The second kappa shape index (κ2) is 12.5. The first-order valence-corrected chi connectivity index (χ1v) is 10.7. The number of guanidine groups is 1. The van der Waals surface area contributed by atoms with E-state index in [1.54, 1.807) is 6.07 Å². The van der Waals surface area contributed by atoms with Crippen LogP contribution in [0.2, 0.25) is 0 Å². The lowest BCUT2D eigenvalue weighted by molar-refractivity contribution is 0.308. The van der Waals surface area contributed by atoms with E-state index in [1.165, 1.54) is 6.26 Å². The molecule has 0 amide bonds. The average molecular weight is 496 g/mol. The van der Waals surface area contributed by atoms with Crippen molar-refractivity contribution in [3.63, 3.8) is 0 Å². The molecule has 0 radical (unpaired) electrons. The third-order valence-corrected chi connectivity index (χ3v) is 5.27. The molecule has 1 aromatic carbocycles. The normalized spacial score (nSPS) is 12.0. The van der Waals surface area contributed by atoms with E-state index in [9.17, 15) is 8.42 Å². The Labute approximate surface area is 175 Å². The van der Waals surface area contributed by atoms with Crippen LogP contribution in [-0.4, -0.2) is 58.3 Å². The Balaban J connectivity index is 0.00000625. The molecule has 6 nitrogen and oxygen atoms in total. The van der Waals surface area contributed by atoms with Gasteiger partial charge in [0.2, 0.25) is 0 Å². The Morgan fingerprint density at radius 2 is 1.81 bits per heavy atom. The van der Waals surface area contributed by atoms with Crippen molar-refractivity contribution in [2.24, 2.45) is 4.99 Å². The average Bonchev–Trinajstić information content (AvgIpc) is 2.55. The molecule has 0 saturated carbocycles. The van der Waals surface area contributed by atoms with Gasteiger partial charge < -0.3 is 15.5 Å². The molecule has 1 aromatic rings. The van der Waals surface area contributed by atoms with Gasteiger partial charge in [-0.25, -0.2) is 13.4 Å². The predicted octanol–water partition coefficient (Wildman–Crippen LogP) is 2.41. The molecular weight excluding hydrogens is 463 g/mol. The standard InChI is InChI=1S/C18H32N4O2S.HI/c1-6-19-18(20-11-12-22(7-2)8-3)21-14-16-9-10-17(15(4)13-16)25(5,23)24;/h9-10,13H,6-8,11-12,14H2,1-5H3,(H2,19,20,21);1H. The van der Waals surface area contributed by atoms with Crippen molar-refractivity contribution in [3.8, 4) is 0 Å². The fraction of sp³-hybridized carbons (Fsp3) is 0.611. The smallest absolute Gasteiger partial charge is 0.191 e. The number of hydrogen-bond donors (Lipinski definition) is 2. The molecule has 0 aliphatic carbocycles. The van der Waals surface area contributed by atoms with Crippen LogP contribution in [0.1, 0.15) is 31.9 Å². The molecule has 0 saturated heterocycles. The van der Waals surface area contributed by atoms with Crippen molar-refractivity contribution in [3.05, 3.63) is 29.3 Å². The third-order valence-electron chi connectivity index (χ3n) is 4.02. The molecular formula is C18H33IN4O2S. The molecule has 0 heterocycles. The molecule has 0 fully saturated rings. The van der Waals surface area contributed by atoms with Gasteiger partial charge in [0, 0.05) is 25.9 Å². The molecule has 150 valence electrons. The van der Waals surface area contributed by atoms with Crippen LogP contribution in [0.4, 0.5) is 0 Å². The van der Waals surface area contributed by atoms with Gasteiger partial charge in [-0.05, 0) is 44.1 Å². The number of halogens is 1. The van der Waals surface area contributed by atoms with Gasteiger partial charge in [-0.3, -0.25) is 0 Å².